The standard InChI is InChI=1S/C25H24FN5O2/c1-17-12-18(13-19-6-2-3-7-20(19)26)14-22(27-17)24-15-30(10-11-33-24)25(32)16-31-23-9-5-4-8-21(23)28-29-31/h2-9,12,14,24H,10-11,13,15-16H2,1H3/t24-/m1/s1. The first-order chi connectivity index (χ1) is 16.1. The lowest BCUT2D eigenvalue weighted by atomic mass is 10.0. The quantitative estimate of drug-likeness (QED) is 0.470. The minimum atomic E-state index is -0.338. The van der Waals surface area contributed by atoms with Crippen LogP contribution in [0.15, 0.2) is 60.7 Å². The van der Waals surface area contributed by atoms with Crippen LogP contribution in [-0.2, 0) is 22.5 Å². The van der Waals surface area contributed by atoms with Crippen molar-refractivity contribution in [2.45, 2.75) is 26.0 Å². The van der Waals surface area contributed by atoms with Crippen molar-refractivity contribution in [1.82, 2.24) is 24.9 Å². The molecule has 5 rings (SSSR count). The Kier molecular flexibility index (Phi) is 5.83. The number of carbonyl (C=O) groups excluding carboxylic acids is 1. The molecule has 1 saturated heterocycles. The van der Waals surface area contributed by atoms with Crippen LogP contribution in [0.5, 0.6) is 0 Å². The molecule has 33 heavy (non-hydrogen) atoms. The second-order valence-corrected chi connectivity index (χ2v) is 8.24. The van der Waals surface area contributed by atoms with Crippen LogP contribution < -0.4 is 0 Å². The number of hydrogen-bond acceptors (Lipinski definition) is 5. The molecule has 0 N–H and O–H groups in total. The summed E-state index contributed by atoms with van der Waals surface area (Å²) in [6.07, 6.45) is 0.132. The van der Waals surface area contributed by atoms with E-state index in [1.54, 1.807) is 21.7 Å². The number of rotatable bonds is 5. The van der Waals surface area contributed by atoms with Gasteiger partial charge in [0.05, 0.1) is 24.4 Å². The zero-order chi connectivity index (χ0) is 22.8. The van der Waals surface area contributed by atoms with Crippen LogP contribution in [-0.4, -0.2) is 50.5 Å². The largest absolute Gasteiger partial charge is 0.368 e. The number of carbonyl (C=O) groups is 1. The van der Waals surface area contributed by atoms with Crippen molar-refractivity contribution < 1.29 is 13.9 Å². The Morgan fingerprint density at radius 2 is 1.97 bits per heavy atom. The number of halogens is 1. The molecule has 1 amide bonds. The zero-order valence-electron chi connectivity index (χ0n) is 18.3. The minimum Gasteiger partial charge on any atom is -0.368 e. The van der Waals surface area contributed by atoms with Gasteiger partial charge in [0.15, 0.2) is 0 Å². The predicted octanol–water partition coefficient (Wildman–Crippen LogP) is 3.46. The van der Waals surface area contributed by atoms with Gasteiger partial charge in [-0.1, -0.05) is 35.5 Å². The highest BCUT2D eigenvalue weighted by Crippen LogP contribution is 2.24. The second kappa shape index (κ2) is 9.07. The number of para-hydroxylation sites is 1. The van der Waals surface area contributed by atoms with E-state index in [1.807, 2.05) is 49.4 Å². The SMILES string of the molecule is Cc1cc(Cc2ccccc2F)cc([C@H]2CN(C(=O)Cn3nnc4ccccc43)CCO2)n1. The van der Waals surface area contributed by atoms with Crippen LogP contribution in [0.25, 0.3) is 11.0 Å². The van der Waals surface area contributed by atoms with Crippen molar-refractivity contribution in [1.29, 1.82) is 0 Å². The Hall–Kier alpha value is -3.65. The Balaban J connectivity index is 1.31. The molecular formula is C25H24FN5O2. The Morgan fingerprint density at radius 3 is 2.85 bits per heavy atom. The van der Waals surface area contributed by atoms with Gasteiger partial charge in [0, 0.05) is 18.7 Å². The van der Waals surface area contributed by atoms with Crippen LogP contribution >= 0.6 is 0 Å². The Bertz CT molecular complexity index is 1300. The predicted molar refractivity (Wildman–Crippen MR) is 121 cm³/mol. The summed E-state index contributed by atoms with van der Waals surface area (Å²) in [5.74, 6) is -0.266. The van der Waals surface area contributed by atoms with Gasteiger partial charge >= 0.3 is 0 Å². The van der Waals surface area contributed by atoms with Gasteiger partial charge in [-0.05, 0) is 48.4 Å². The first-order valence-corrected chi connectivity index (χ1v) is 11.0. The van der Waals surface area contributed by atoms with E-state index in [0.29, 0.717) is 31.7 Å². The molecule has 1 fully saturated rings. The molecule has 7 nitrogen and oxygen atoms in total. The normalized spacial score (nSPS) is 16.3. The topological polar surface area (TPSA) is 73.1 Å². The number of amides is 1. The van der Waals surface area contributed by atoms with Gasteiger partial charge in [-0.2, -0.15) is 0 Å². The van der Waals surface area contributed by atoms with Gasteiger partial charge in [0.25, 0.3) is 0 Å². The third-order valence-electron chi connectivity index (χ3n) is 5.84. The number of nitrogens with zero attached hydrogens (tertiary/aromatic N) is 5. The molecule has 1 aliphatic rings. The third-order valence-corrected chi connectivity index (χ3v) is 5.84. The summed E-state index contributed by atoms with van der Waals surface area (Å²) in [4.78, 5) is 19.4. The monoisotopic (exact) mass is 445 g/mol. The van der Waals surface area contributed by atoms with E-state index in [4.69, 9.17) is 4.74 Å². The lowest BCUT2D eigenvalue weighted by Gasteiger charge is -2.33. The average Bonchev–Trinajstić information content (AvgIpc) is 3.23. The lowest BCUT2D eigenvalue weighted by molar-refractivity contribution is -0.140. The number of hydrogen-bond donors (Lipinski definition) is 0. The summed E-state index contributed by atoms with van der Waals surface area (Å²) in [6.45, 7) is 3.37. The number of fused-ring (bicyclic) bond motifs is 1. The number of benzene rings is 2. The molecule has 0 spiro atoms. The highest BCUT2D eigenvalue weighted by molar-refractivity contribution is 5.80. The summed E-state index contributed by atoms with van der Waals surface area (Å²) < 4.78 is 21.7. The van der Waals surface area contributed by atoms with E-state index < -0.39 is 0 Å². The van der Waals surface area contributed by atoms with Crippen molar-refractivity contribution >= 4 is 16.9 Å². The smallest absolute Gasteiger partial charge is 0.244 e. The molecule has 1 atom stereocenters. The van der Waals surface area contributed by atoms with Crippen LogP contribution in [0.4, 0.5) is 4.39 Å². The number of pyridine rings is 1. The highest BCUT2D eigenvalue weighted by Gasteiger charge is 2.27. The molecular weight excluding hydrogens is 421 g/mol. The fourth-order valence-corrected chi connectivity index (χ4v) is 4.21. The number of morpholine rings is 1. The van der Waals surface area contributed by atoms with E-state index in [9.17, 15) is 9.18 Å². The maximum absolute atomic E-state index is 14.1. The molecule has 3 heterocycles. The van der Waals surface area contributed by atoms with Crippen molar-refractivity contribution in [3.8, 4) is 0 Å². The third kappa shape index (κ3) is 4.61. The van der Waals surface area contributed by atoms with Crippen LogP contribution in [0.3, 0.4) is 0 Å². The summed E-state index contributed by atoms with van der Waals surface area (Å²) in [7, 11) is 0. The molecule has 0 aliphatic carbocycles. The first-order valence-electron chi connectivity index (χ1n) is 11.0. The van der Waals surface area contributed by atoms with Crippen molar-refractivity contribution in [2.75, 3.05) is 19.7 Å². The molecule has 2 aromatic heterocycles. The molecule has 2 aromatic carbocycles. The van der Waals surface area contributed by atoms with Crippen molar-refractivity contribution in [3.63, 3.8) is 0 Å². The maximum Gasteiger partial charge on any atom is 0.244 e. The molecule has 168 valence electrons. The number of aryl methyl sites for hydroxylation is 1. The fourth-order valence-electron chi connectivity index (χ4n) is 4.21. The summed E-state index contributed by atoms with van der Waals surface area (Å²) in [5.41, 5.74) is 4.77. The molecule has 0 radical (unpaired) electrons. The Labute approximate surface area is 190 Å². The van der Waals surface area contributed by atoms with Gasteiger partial charge < -0.3 is 9.64 Å². The lowest BCUT2D eigenvalue weighted by Crippen LogP contribution is -2.44. The van der Waals surface area contributed by atoms with Crippen molar-refractivity contribution in [2.24, 2.45) is 0 Å². The van der Waals surface area contributed by atoms with Crippen molar-refractivity contribution in [3.05, 3.63) is 89.0 Å². The van der Waals surface area contributed by atoms with Crippen LogP contribution in [0, 0.1) is 12.7 Å². The molecule has 0 unspecified atom stereocenters. The van der Waals surface area contributed by atoms with E-state index >= 15 is 0 Å². The van der Waals surface area contributed by atoms with E-state index in [0.717, 1.165) is 28.0 Å². The first kappa shape index (κ1) is 21.2. The zero-order valence-corrected chi connectivity index (χ0v) is 18.3. The molecule has 1 aliphatic heterocycles. The van der Waals surface area contributed by atoms with Gasteiger partial charge in [0.2, 0.25) is 5.91 Å². The number of ether oxygens (including phenoxy) is 1. The maximum atomic E-state index is 14.1. The van der Waals surface area contributed by atoms with Crippen LogP contribution in [0.2, 0.25) is 0 Å². The molecule has 8 heteroatoms. The van der Waals surface area contributed by atoms with Gasteiger partial charge in [-0.25, -0.2) is 9.07 Å². The van der Waals surface area contributed by atoms with E-state index in [2.05, 4.69) is 15.3 Å². The van der Waals surface area contributed by atoms with E-state index in [-0.39, 0.29) is 24.4 Å². The second-order valence-electron chi connectivity index (χ2n) is 8.24. The van der Waals surface area contributed by atoms with Crippen LogP contribution in [0.1, 0.15) is 28.6 Å². The summed E-state index contributed by atoms with van der Waals surface area (Å²) >= 11 is 0. The summed E-state index contributed by atoms with van der Waals surface area (Å²) in [6, 6.07) is 18.2. The fraction of sp³-hybridized carbons (Fsp3) is 0.280. The molecule has 0 saturated carbocycles. The average molecular weight is 445 g/mol. The van der Waals surface area contributed by atoms with Gasteiger partial charge in [-0.15, -0.1) is 5.10 Å². The van der Waals surface area contributed by atoms with E-state index in [1.165, 1.54) is 6.07 Å². The Morgan fingerprint density at radius 1 is 1.15 bits per heavy atom. The summed E-state index contributed by atoms with van der Waals surface area (Å²) in [5, 5.41) is 8.24. The van der Waals surface area contributed by atoms with Gasteiger partial charge in [-0.3, -0.25) is 9.78 Å². The highest BCUT2D eigenvalue weighted by atomic mass is 19.1. The minimum absolute atomic E-state index is 0.0433. The number of aromatic nitrogens is 4. The van der Waals surface area contributed by atoms with Gasteiger partial charge in [0.1, 0.15) is 24.0 Å². The molecule has 4 aromatic rings. The molecule has 0 bridgehead atoms.